The molecule has 0 N–H and O–H groups in total. The molecule has 0 bridgehead atoms. The van der Waals surface area contributed by atoms with Gasteiger partial charge in [0.2, 0.25) is 0 Å². The summed E-state index contributed by atoms with van der Waals surface area (Å²) in [6.07, 6.45) is 0.991. The molecule has 1 aromatic carbocycles. The second-order valence-corrected chi connectivity index (χ2v) is 5.61. The number of halogens is 1. The van der Waals surface area contributed by atoms with Crippen molar-refractivity contribution in [3.8, 4) is 0 Å². The van der Waals surface area contributed by atoms with E-state index in [1.54, 1.807) is 11.3 Å². The fourth-order valence-corrected chi connectivity index (χ4v) is 2.74. The van der Waals surface area contributed by atoms with E-state index in [0.29, 0.717) is 0 Å². The summed E-state index contributed by atoms with van der Waals surface area (Å²) in [4.78, 5) is 1.33. The van der Waals surface area contributed by atoms with E-state index in [2.05, 4.69) is 38.1 Å². The molecule has 0 aliphatic rings. The summed E-state index contributed by atoms with van der Waals surface area (Å²) in [5.41, 5.74) is 4.07. The largest absolute Gasteiger partial charge is 0.128 e. The van der Waals surface area contributed by atoms with Crippen LogP contribution in [0, 0.1) is 13.8 Å². The first-order valence-corrected chi connectivity index (χ1v) is 6.15. The highest BCUT2D eigenvalue weighted by Gasteiger charge is 2.03. The van der Waals surface area contributed by atoms with E-state index in [-0.39, 0.29) is 0 Å². The van der Waals surface area contributed by atoms with Gasteiger partial charge in [0, 0.05) is 11.3 Å². The minimum Gasteiger partial charge on any atom is -0.128 e. The van der Waals surface area contributed by atoms with Crippen molar-refractivity contribution in [2.75, 3.05) is 0 Å². The normalized spacial score (nSPS) is 10.6. The highest BCUT2D eigenvalue weighted by atomic mass is 35.5. The van der Waals surface area contributed by atoms with Crippen LogP contribution in [0.5, 0.6) is 0 Å². The van der Waals surface area contributed by atoms with Crippen LogP contribution in [-0.4, -0.2) is 0 Å². The van der Waals surface area contributed by atoms with Crippen LogP contribution in [0.2, 0.25) is 4.34 Å². The van der Waals surface area contributed by atoms with Crippen molar-refractivity contribution in [3.05, 3.63) is 56.2 Å². The van der Waals surface area contributed by atoms with Gasteiger partial charge >= 0.3 is 0 Å². The van der Waals surface area contributed by atoms with Gasteiger partial charge in [-0.25, -0.2) is 0 Å². The monoisotopic (exact) mass is 236 g/mol. The fourth-order valence-electron chi connectivity index (χ4n) is 1.63. The molecule has 0 fully saturated rings. The maximum absolute atomic E-state index is 5.92. The first-order chi connectivity index (χ1) is 7.15. The van der Waals surface area contributed by atoms with Crippen LogP contribution < -0.4 is 0 Å². The molecule has 1 heterocycles. The minimum absolute atomic E-state index is 0.871. The predicted octanol–water partition coefficient (Wildman–Crippen LogP) is 4.61. The van der Waals surface area contributed by atoms with Crippen LogP contribution >= 0.6 is 22.9 Å². The van der Waals surface area contributed by atoms with Gasteiger partial charge in [0.05, 0.1) is 4.34 Å². The molecule has 15 heavy (non-hydrogen) atoms. The first-order valence-electron chi connectivity index (χ1n) is 4.95. The molecule has 0 aliphatic heterocycles. The lowest BCUT2D eigenvalue weighted by atomic mass is 10.0. The number of rotatable bonds is 2. The molecule has 2 rings (SSSR count). The van der Waals surface area contributed by atoms with E-state index in [1.165, 1.54) is 21.6 Å². The number of aryl methyl sites for hydroxylation is 2. The van der Waals surface area contributed by atoms with Gasteiger partial charge < -0.3 is 0 Å². The Balaban J connectivity index is 2.27. The zero-order valence-corrected chi connectivity index (χ0v) is 10.5. The molecular formula is C13H13ClS. The number of benzene rings is 1. The maximum Gasteiger partial charge on any atom is 0.0931 e. The Morgan fingerprint density at radius 3 is 2.60 bits per heavy atom. The predicted molar refractivity (Wildman–Crippen MR) is 68.1 cm³/mol. The minimum atomic E-state index is 0.871. The summed E-state index contributed by atoms with van der Waals surface area (Å²) in [5, 5.41) is 0. The molecule has 2 heteroatoms. The van der Waals surface area contributed by atoms with Gasteiger partial charge in [-0.05, 0) is 37.1 Å². The van der Waals surface area contributed by atoms with Crippen LogP contribution in [0.3, 0.4) is 0 Å². The van der Waals surface area contributed by atoms with Crippen LogP contribution in [0.1, 0.15) is 21.6 Å². The van der Waals surface area contributed by atoms with Gasteiger partial charge in [0.15, 0.2) is 0 Å². The maximum atomic E-state index is 5.92. The molecule has 0 nitrogen and oxygen atoms in total. The fraction of sp³-hybridized carbons (Fsp3) is 0.231. The topological polar surface area (TPSA) is 0 Å². The Morgan fingerprint density at radius 2 is 1.93 bits per heavy atom. The van der Waals surface area contributed by atoms with E-state index in [4.69, 9.17) is 11.6 Å². The quantitative estimate of drug-likeness (QED) is 0.715. The average Bonchev–Trinajstić information content (AvgIpc) is 2.58. The summed E-state index contributed by atoms with van der Waals surface area (Å²) in [5.74, 6) is 0. The van der Waals surface area contributed by atoms with Gasteiger partial charge in [-0.2, -0.15) is 0 Å². The zero-order chi connectivity index (χ0) is 10.8. The molecule has 0 aliphatic carbocycles. The van der Waals surface area contributed by atoms with Crippen LogP contribution in [-0.2, 0) is 6.42 Å². The first kappa shape index (κ1) is 10.7. The number of thiophene rings is 1. The summed E-state index contributed by atoms with van der Waals surface area (Å²) >= 11 is 7.58. The molecule has 0 saturated carbocycles. The third-order valence-corrected chi connectivity index (χ3v) is 3.73. The van der Waals surface area contributed by atoms with Gasteiger partial charge in [-0.1, -0.05) is 35.4 Å². The molecule has 1 aromatic heterocycles. The summed E-state index contributed by atoms with van der Waals surface area (Å²) in [6, 6.07) is 10.7. The van der Waals surface area contributed by atoms with Crippen molar-refractivity contribution in [3.63, 3.8) is 0 Å². The summed E-state index contributed by atoms with van der Waals surface area (Å²) in [7, 11) is 0. The van der Waals surface area contributed by atoms with Crippen molar-refractivity contribution >= 4 is 22.9 Å². The molecule has 0 unspecified atom stereocenters. The SMILES string of the molecule is Cc1ccc(C)c(Cc2ccc(Cl)s2)c1. The third-order valence-electron chi connectivity index (χ3n) is 2.50. The lowest BCUT2D eigenvalue weighted by Gasteiger charge is -2.05. The van der Waals surface area contributed by atoms with Gasteiger partial charge in [0.25, 0.3) is 0 Å². The van der Waals surface area contributed by atoms with Crippen molar-refractivity contribution in [2.24, 2.45) is 0 Å². The van der Waals surface area contributed by atoms with Crippen molar-refractivity contribution < 1.29 is 0 Å². The summed E-state index contributed by atoms with van der Waals surface area (Å²) < 4.78 is 0.871. The van der Waals surface area contributed by atoms with Crippen LogP contribution in [0.25, 0.3) is 0 Å². The number of hydrogen-bond acceptors (Lipinski definition) is 1. The van der Waals surface area contributed by atoms with E-state index in [0.717, 1.165) is 10.8 Å². The Hall–Kier alpha value is -0.790. The van der Waals surface area contributed by atoms with E-state index < -0.39 is 0 Å². The molecule has 0 amide bonds. The second kappa shape index (κ2) is 4.38. The van der Waals surface area contributed by atoms with Crippen LogP contribution in [0.4, 0.5) is 0 Å². The molecule has 0 saturated heterocycles. The lowest BCUT2D eigenvalue weighted by Crippen LogP contribution is -1.90. The molecular weight excluding hydrogens is 224 g/mol. The second-order valence-electron chi connectivity index (χ2n) is 3.81. The molecule has 2 aromatic rings. The smallest absolute Gasteiger partial charge is 0.0931 e. The van der Waals surface area contributed by atoms with E-state index >= 15 is 0 Å². The van der Waals surface area contributed by atoms with Crippen molar-refractivity contribution in [2.45, 2.75) is 20.3 Å². The van der Waals surface area contributed by atoms with Gasteiger partial charge in [-0.15, -0.1) is 11.3 Å². The van der Waals surface area contributed by atoms with Crippen molar-refractivity contribution in [1.29, 1.82) is 0 Å². The lowest BCUT2D eigenvalue weighted by molar-refractivity contribution is 1.18. The zero-order valence-electron chi connectivity index (χ0n) is 8.88. The summed E-state index contributed by atoms with van der Waals surface area (Å²) in [6.45, 7) is 4.29. The Labute approximate surface area is 99.5 Å². The van der Waals surface area contributed by atoms with Gasteiger partial charge in [0.1, 0.15) is 0 Å². The highest BCUT2D eigenvalue weighted by Crippen LogP contribution is 2.25. The number of hydrogen-bond donors (Lipinski definition) is 0. The Morgan fingerprint density at radius 1 is 1.13 bits per heavy atom. The molecule has 0 radical (unpaired) electrons. The van der Waals surface area contributed by atoms with Crippen LogP contribution in [0.15, 0.2) is 30.3 Å². The van der Waals surface area contributed by atoms with Crippen molar-refractivity contribution in [1.82, 2.24) is 0 Å². The Bertz CT molecular complexity index is 471. The highest BCUT2D eigenvalue weighted by molar-refractivity contribution is 7.16. The average molecular weight is 237 g/mol. The molecule has 0 atom stereocenters. The van der Waals surface area contributed by atoms with E-state index in [9.17, 15) is 0 Å². The van der Waals surface area contributed by atoms with E-state index in [1.807, 2.05) is 6.07 Å². The molecule has 78 valence electrons. The standard InChI is InChI=1S/C13H13ClS/c1-9-3-4-10(2)11(7-9)8-12-5-6-13(14)15-12/h3-7H,8H2,1-2H3. The third kappa shape index (κ3) is 2.61. The van der Waals surface area contributed by atoms with Gasteiger partial charge in [-0.3, -0.25) is 0 Å². The Kier molecular flexibility index (Phi) is 3.13. The molecule has 0 spiro atoms.